The third-order valence-electron chi connectivity index (χ3n) is 9.54. The highest BCUT2D eigenvalue weighted by atomic mass is 14.6. The minimum Gasteiger partial charge on any atom is -0.256 e. The highest BCUT2D eigenvalue weighted by molar-refractivity contribution is 6.12. The monoisotopic (exact) mass is 589 g/mol. The summed E-state index contributed by atoms with van der Waals surface area (Å²) >= 11 is 0. The van der Waals surface area contributed by atoms with Gasteiger partial charge in [-0.25, -0.2) is 0 Å². The van der Waals surface area contributed by atoms with E-state index in [2.05, 4.69) is 153 Å². The van der Waals surface area contributed by atoms with Crippen molar-refractivity contribution in [3.05, 3.63) is 174 Å². The van der Waals surface area contributed by atoms with E-state index in [1.807, 2.05) is 12.3 Å². The highest BCUT2D eigenvalue weighted by Crippen LogP contribution is 2.38. The van der Waals surface area contributed by atoms with Gasteiger partial charge in [-0.3, -0.25) is 4.98 Å². The Labute approximate surface area is 271 Å². The van der Waals surface area contributed by atoms with E-state index in [1.165, 1.54) is 82.9 Å². The molecule has 0 spiro atoms. The zero-order valence-corrected chi connectivity index (χ0v) is 26.3. The van der Waals surface area contributed by atoms with Gasteiger partial charge in [-0.05, 0) is 117 Å². The second kappa shape index (κ2) is 11.8. The first-order valence-corrected chi connectivity index (χ1v) is 16.2. The number of rotatable bonds is 5. The number of hydrogen-bond donors (Lipinski definition) is 0. The standard InChI is InChI=1S/C45H35N/c1-30-11-3-4-20-40(30)42-22-9-21-41(31(42)2)38-17-6-15-36(28-38)34-13-5-14-35(27-34)37-16-7-18-39(29-37)43-23-8-12-32-24-25-33-19-10-26-46-45(33)44(32)43/h3-4,6-12,14-29H,5,13H2,1-2H3. The topological polar surface area (TPSA) is 12.9 Å². The fourth-order valence-corrected chi connectivity index (χ4v) is 7.15. The molecule has 0 unspecified atom stereocenters. The van der Waals surface area contributed by atoms with Crippen molar-refractivity contribution in [3.8, 4) is 33.4 Å². The molecule has 7 aromatic rings. The zero-order chi connectivity index (χ0) is 31.0. The Balaban J connectivity index is 1.15. The number of nitrogens with zero attached hydrogens (tertiary/aromatic N) is 1. The quantitative estimate of drug-likeness (QED) is 0.182. The van der Waals surface area contributed by atoms with Gasteiger partial charge in [0.25, 0.3) is 0 Å². The lowest BCUT2D eigenvalue weighted by Crippen LogP contribution is -1.95. The van der Waals surface area contributed by atoms with Crippen LogP contribution in [0.5, 0.6) is 0 Å². The maximum Gasteiger partial charge on any atom is 0.0786 e. The van der Waals surface area contributed by atoms with Gasteiger partial charge in [0.05, 0.1) is 5.52 Å². The molecule has 46 heavy (non-hydrogen) atoms. The fourth-order valence-electron chi connectivity index (χ4n) is 7.15. The number of hydrogen-bond acceptors (Lipinski definition) is 1. The first kappa shape index (κ1) is 28.0. The van der Waals surface area contributed by atoms with Gasteiger partial charge in [-0.15, -0.1) is 0 Å². The average Bonchev–Trinajstić information content (AvgIpc) is 3.12. The number of aromatic nitrogens is 1. The van der Waals surface area contributed by atoms with Crippen LogP contribution in [0.25, 0.3) is 66.2 Å². The summed E-state index contributed by atoms with van der Waals surface area (Å²) in [5.74, 6) is 0. The van der Waals surface area contributed by atoms with Crippen LogP contribution in [-0.2, 0) is 0 Å². The summed E-state index contributed by atoms with van der Waals surface area (Å²) in [5.41, 5.74) is 16.5. The summed E-state index contributed by atoms with van der Waals surface area (Å²) in [6.45, 7) is 4.45. The van der Waals surface area contributed by atoms with E-state index in [0.29, 0.717) is 0 Å². The molecule has 0 fully saturated rings. The van der Waals surface area contributed by atoms with E-state index >= 15 is 0 Å². The summed E-state index contributed by atoms with van der Waals surface area (Å²) < 4.78 is 0. The van der Waals surface area contributed by atoms with E-state index in [4.69, 9.17) is 4.98 Å². The minimum absolute atomic E-state index is 1.03. The van der Waals surface area contributed by atoms with Crippen molar-refractivity contribution in [2.75, 3.05) is 0 Å². The Bertz CT molecular complexity index is 2330. The molecule has 1 aromatic heterocycles. The molecule has 0 atom stereocenters. The predicted octanol–water partition coefficient (Wildman–Crippen LogP) is 12.3. The Morgan fingerprint density at radius 1 is 0.522 bits per heavy atom. The van der Waals surface area contributed by atoms with Crippen LogP contribution in [0.15, 0.2) is 152 Å². The molecule has 1 heterocycles. The van der Waals surface area contributed by atoms with Crippen LogP contribution in [0.2, 0.25) is 0 Å². The summed E-state index contributed by atoms with van der Waals surface area (Å²) in [4.78, 5) is 4.79. The van der Waals surface area contributed by atoms with Crippen molar-refractivity contribution in [1.29, 1.82) is 0 Å². The van der Waals surface area contributed by atoms with E-state index in [9.17, 15) is 0 Å². The second-order valence-corrected chi connectivity index (χ2v) is 12.4. The van der Waals surface area contributed by atoms with E-state index < -0.39 is 0 Å². The van der Waals surface area contributed by atoms with Crippen molar-refractivity contribution in [2.24, 2.45) is 0 Å². The SMILES string of the molecule is Cc1ccccc1-c1cccc(-c2cccc(C3=CC(c4cccc(-c5cccc6ccc7cccnc7c56)c4)=CCC3)c2)c1C. The third-order valence-corrected chi connectivity index (χ3v) is 9.54. The minimum atomic E-state index is 1.03. The number of pyridine rings is 1. The fraction of sp³-hybridized carbons (Fsp3) is 0.0889. The molecule has 0 aliphatic heterocycles. The molecule has 0 amide bonds. The molecule has 6 aromatic carbocycles. The Morgan fingerprint density at radius 3 is 2.07 bits per heavy atom. The number of aryl methyl sites for hydroxylation is 1. The molecule has 8 rings (SSSR count). The Kier molecular flexibility index (Phi) is 7.15. The molecular formula is C45H35N. The van der Waals surface area contributed by atoms with Crippen LogP contribution in [0.3, 0.4) is 0 Å². The highest BCUT2D eigenvalue weighted by Gasteiger charge is 2.15. The van der Waals surface area contributed by atoms with Gasteiger partial charge in [-0.1, -0.05) is 127 Å². The van der Waals surface area contributed by atoms with Gasteiger partial charge in [0.15, 0.2) is 0 Å². The molecule has 1 nitrogen and oxygen atoms in total. The molecule has 0 saturated carbocycles. The van der Waals surface area contributed by atoms with Crippen LogP contribution < -0.4 is 0 Å². The van der Waals surface area contributed by atoms with Gasteiger partial charge in [0, 0.05) is 17.0 Å². The lowest BCUT2D eigenvalue weighted by molar-refractivity contribution is 1.06. The van der Waals surface area contributed by atoms with E-state index in [0.717, 1.165) is 18.4 Å². The lowest BCUT2D eigenvalue weighted by atomic mass is 9.87. The molecule has 0 N–H and O–H groups in total. The summed E-state index contributed by atoms with van der Waals surface area (Å²) in [6.07, 6.45) is 8.75. The van der Waals surface area contributed by atoms with Crippen molar-refractivity contribution >= 4 is 32.8 Å². The number of allylic oxidation sites excluding steroid dienone is 4. The van der Waals surface area contributed by atoms with Gasteiger partial charge in [-0.2, -0.15) is 0 Å². The van der Waals surface area contributed by atoms with Crippen LogP contribution in [0.1, 0.15) is 35.1 Å². The third kappa shape index (κ3) is 5.04. The molecular weight excluding hydrogens is 555 g/mol. The summed E-state index contributed by atoms with van der Waals surface area (Å²) in [7, 11) is 0. The van der Waals surface area contributed by atoms with Crippen molar-refractivity contribution in [3.63, 3.8) is 0 Å². The van der Waals surface area contributed by atoms with Crippen LogP contribution >= 0.6 is 0 Å². The largest absolute Gasteiger partial charge is 0.256 e. The van der Waals surface area contributed by atoms with Crippen LogP contribution in [0, 0.1) is 13.8 Å². The average molecular weight is 590 g/mol. The zero-order valence-electron chi connectivity index (χ0n) is 26.3. The molecule has 1 aliphatic rings. The van der Waals surface area contributed by atoms with E-state index in [-0.39, 0.29) is 0 Å². The maximum absolute atomic E-state index is 4.79. The van der Waals surface area contributed by atoms with Gasteiger partial charge in [0.1, 0.15) is 0 Å². The molecule has 220 valence electrons. The smallest absolute Gasteiger partial charge is 0.0786 e. The van der Waals surface area contributed by atoms with Crippen LogP contribution in [-0.4, -0.2) is 4.98 Å². The van der Waals surface area contributed by atoms with E-state index in [1.54, 1.807) is 0 Å². The normalized spacial score (nSPS) is 13.1. The molecule has 1 heteroatoms. The Morgan fingerprint density at radius 2 is 1.17 bits per heavy atom. The predicted molar refractivity (Wildman–Crippen MR) is 197 cm³/mol. The van der Waals surface area contributed by atoms with Crippen LogP contribution in [0.4, 0.5) is 0 Å². The van der Waals surface area contributed by atoms with Crippen molar-refractivity contribution in [2.45, 2.75) is 26.7 Å². The lowest BCUT2D eigenvalue weighted by Gasteiger charge is -2.18. The van der Waals surface area contributed by atoms with Gasteiger partial charge < -0.3 is 0 Å². The maximum atomic E-state index is 4.79. The van der Waals surface area contributed by atoms with Crippen molar-refractivity contribution < 1.29 is 0 Å². The van der Waals surface area contributed by atoms with Gasteiger partial charge in [0.2, 0.25) is 0 Å². The summed E-state index contributed by atoms with van der Waals surface area (Å²) in [6, 6.07) is 48.6. The first-order valence-electron chi connectivity index (χ1n) is 16.2. The van der Waals surface area contributed by atoms with Gasteiger partial charge >= 0.3 is 0 Å². The second-order valence-electron chi connectivity index (χ2n) is 12.4. The molecule has 0 bridgehead atoms. The first-order chi connectivity index (χ1) is 22.6. The number of fused-ring (bicyclic) bond motifs is 3. The number of benzene rings is 6. The molecule has 0 saturated heterocycles. The summed E-state index contributed by atoms with van der Waals surface area (Å²) in [5, 5.41) is 3.60. The molecule has 0 radical (unpaired) electrons. The molecule has 1 aliphatic carbocycles. The Hall–Kier alpha value is -5.53. The van der Waals surface area contributed by atoms with Crippen molar-refractivity contribution in [1.82, 2.24) is 4.98 Å².